The summed E-state index contributed by atoms with van der Waals surface area (Å²) < 4.78 is 0. The van der Waals surface area contributed by atoms with Gasteiger partial charge in [0.1, 0.15) is 5.25 Å². The summed E-state index contributed by atoms with van der Waals surface area (Å²) in [4.78, 5) is 30.5. The lowest BCUT2D eigenvalue weighted by molar-refractivity contribution is -0.121. The van der Waals surface area contributed by atoms with Crippen molar-refractivity contribution < 1.29 is 9.59 Å². The van der Waals surface area contributed by atoms with Gasteiger partial charge in [0.15, 0.2) is 5.17 Å². The van der Waals surface area contributed by atoms with Crippen LogP contribution >= 0.6 is 11.8 Å². The molecule has 2 amide bonds. The Labute approximate surface area is 140 Å². The van der Waals surface area contributed by atoms with Crippen molar-refractivity contribution in [2.45, 2.75) is 37.9 Å². The molecule has 2 heterocycles. The number of carbonyl (C=O) groups is 2. The Morgan fingerprint density at radius 1 is 1.26 bits per heavy atom. The van der Waals surface area contributed by atoms with Crippen LogP contribution in [0.15, 0.2) is 29.3 Å². The highest BCUT2D eigenvalue weighted by atomic mass is 32.2. The maximum Gasteiger partial charge on any atom is 0.262 e. The highest BCUT2D eigenvalue weighted by Crippen LogP contribution is 2.29. The Morgan fingerprint density at radius 3 is 2.65 bits per heavy atom. The van der Waals surface area contributed by atoms with E-state index in [0.29, 0.717) is 0 Å². The fourth-order valence-electron chi connectivity index (χ4n) is 2.75. The van der Waals surface area contributed by atoms with Gasteiger partial charge in [-0.15, -0.1) is 0 Å². The van der Waals surface area contributed by atoms with Crippen molar-refractivity contribution in [1.29, 1.82) is 0 Å². The quantitative estimate of drug-likeness (QED) is 0.925. The summed E-state index contributed by atoms with van der Waals surface area (Å²) in [6.45, 7) is 3.92. The topological polar surface area (TPSA) is 61.8 Å². The van der Waals surface area contributed by atoms with Gasteiger partial charge in [0.2, 0.25) is 5.91 Å². The average molecular weight is 331 g/mol. The second-order valence-electron chi connectivity index (χ2n) is 6.01. The molecular formula is C17H21N3O2S. The third-order valence-corrected chi connectivity index (χ3v) is 5.27. The van der Waals surface area contributed by atoms with E-state index in [1.165, 1.54) is 18.2 Å². The average Bonchev–Trinajstić information content (AvgIpc) is 2.91. The summed E-state index contributed by atoms with van der Waals surface area (Å²) in [5.41, 5.74) is 1.90. The van der Waals surface area contributed by atoms with E-state index >= 15 is 0 Å². The molecule has 3 rings (SSSR count). The number of likely N-dealkylation sites (tertiary alicyclic amines) is 1. The van der Waals surface area contributed by atoms with Crippen LogP contribution in [0, 0.1) is 6.92 Å². The molecule has 2 aliphatic rings. The lowest BCUT2D eigenvalue weighted by atomic mass is 10.1. The van der Waals surface area contributed by atoms with Crippen molar-refractivity contribution >= 4 is 34.4 Å². The molecule has 1 N–H and O–H groups in total. The molecule has 0 saturated carbocycles. The first kappa shape index (κ1) is 16.1. The summed E-state index contributed by atoms with van der Waals surface area (Å²) in [6, 6.07) is 7.63. The summed E-state index contributed by atoms with van der Waals surface area (Å²) in [6.07, 6.45) is 3.70. The van der Waals surface area contributed by atoms with Crippen LogP contribution in [0.3, 0.4) is 0 Å². The van der Waals surface area contributed by atoms with E-state index < -0.39 is 5.25 Å². The zero-order valence-electron chi connectivity index (χ0n) is 13.2. The van der Waals surface area contributed by atoms with Gasteiger partial charge in [0.05, 0.1) is 0 Å². The van der Waals surface area contributed by atoms with Crippen LogP contribution in [0.1, 0.15) is 31.2 Å². The largest absolute Gasteiger partial charge is 0.351 e. The number of rotatable bonds is 3. The SMILES string of the molecule is Cc1ccc(NC(=O)CC2SC(N3CCCCC3)=NC2=O)cc1. The van der Waals surface area contributed by atoms with Crippen molar-refractivity contribution in [1.82, 2.24) is 4.90 Å². The fraction of sp³-hybridized carbons (Fsp3) is 0.471. The molecular weight excluding hydrogens is 310 g/mol. The minimum atomic E-state index is -0.391. The summed E-state index contributed by atoms with van der Waals surface area (Å²) in [5.74, 6) is -0.329. The number of thioether (sulfide) groups is 1. The Bertz CT molecular complexity index is 621. The van der Waals surface area contributed by atoms with E-state index in [9.17, 15) is 9.59 Å². The molecule has 1 unspecified atom stereocenters. The van der Waals surface area contributed by atoms with Gasteiger partial charge in [-0.2, -0.15) is 4.99 Å². The lowest BCUT2D eigenvalue weighted by Gasteiger charge is -2.27. The van der Waals surface area contributed by atoms with Crippen LogP contribution in [0.25, 0.3) is 0 Å². The first-order chi connectivity index (χ1) is 11.1. The summed E-state index contributed by atoms with van der Waals surface area (Å²) in [7, 11) is 0. The minimum Gasteiger partial charge on any atom is -0.351 e. The molecule has 1 fully saturated rings. The Morgan fingerprint density at radius 2 is 1.96 bits per heavy atom. The van der Waals surface area contributed by atoms with E-state index in [-0.39, 0.29) is 18.2 Å². The van der Waals surface area contributed by atoms with Gasteiger partial charge in [0.25, 0.3) is 5.91 Å². The van der Waals surface area contributed by atoms with Crippen LogP contribution in [-0.2, 0) is 9.59 Å². The summed E-state index contributed by atoms with van der Waals surface area (Å²) >= 11 is 1.43. The number of anilines is 1. The van der Waals surface area contributed by atoms with E-state index in [1.54, 1.807) is 0 Å². The van der Waals surface area contributed by atoms with E-state index in [0.717, 1.165) is 42.3 Å². The summed E-state index contributed by atoms with van der Waals surface area (Å²) in [5, 5.41) is 3.24. The normalized spacial score (nSPS) is 21.3. The van der Waals surface area contributed by atoms with Crippen LogP contribution in [0.4, 0.5) is 5.69 Å². The lowest BCUT2D eigenvalue weighted by Crippen LogP contribution is -2.33. The van der Waals surface area contributed by atoms with Crippen molar-refractivity contribution in [2.75, 3.05) is 18.4 Å². The van der Waals surface area contributed by atoms with Crippen LogP contribution in [0.5, 0.6) is 0 Å². The highest BCUT2D eigenvalue weighted by Gasteiger charge is 2.33. The van der Waals surface area contributed by atoms with E-state index in [1.807, 2.05) is 31.2 Å². The number of piperidine rings is 1. The maximum atomic E-state index is 12.1. The van der Waals surface area contributed by atoms with Gasteiger partial charge in [-0.3, -0.25) is 9.59 Å². The van der Waals surface area contributed by atoms with Gasteiger partial charge in [-0.1, -0.05) is 29.5 Å². The number of nitrogens with zero attached hydrogens (tertiary/aromatic N) is 2. The standard InChI is InChI=1S/C17H21N3O2S/c1-12-5-7-13(8-6-12)18-15(21)11-14-16(22)19-17(23-14)20-9-3-2-4-10-20/h5-8,14H,2-4,9-11H2,1H3,(H,18,21). The predicted octanol–water partition coefficient (Wildman–Crippen LogP) is 2.81. The molecule has 1 aromatic carbocycles. The highest BCUT2D eigenvalue weighted by molar-refractivity contribution is 8.15. The zero-order valence-corrected chi connectivity index (χ0v) is 14.1. The van der Waals surface area contributed by atoms with Crippen molar-refractivity contribution in [3.63, 3.8) is 0 Å². The molecule has 0 aromatic heterocycles. The molecule has 0 radical (unpaired) electrons. The van der Waals surface area contributed by atoms with Crippen molar-refractivity contribution in [2.24, 2.45) is 4.99 Å². The Hall–Kier alpha value is -1.82. The van der Waals surface area contributed by atoms with Gasteiger partial charge in [-0.25, -0.2) is 0 Å². The monoisotopic (exact) mass is 331 g/mol. The second kappa shape index (κ2) is 7.17. The molecule has 0 bridgehead atoms. The first-order valence-corrected chi connectivity index (χ1v) is 8.90. The molecule has 23 heavy (non-hydrogen) atoms. The van der Waals surface area contributed by atoms with E-state index in [4.69, 9.17) is 0 Å². The van der Waals surface area contributed by atoms with Gasteiger partial charge < -0.3 is 10.2 Å². The molecule has 122 valence electrons. The third-order valence-electron chi connectivity index (χ3n) is 4.06. The van der Waals surface area contributed by atoms with Crippen molar-refractivity contribution in [3.8, 4) is 0 Å². The van der Waals surface area contributed by atoms with Gasteiger partial charge in [-0.05, 0) is 38.3 Å². The molecule has 1 saturated heterocycles. The van der Waals surface area contributed by atoms with Crippen LogP contribution < -0.4 is 5.32 Å². The minimum absolute atomic E-state index is 0.144. The molecule has 6 heteroatoms. The van der Waals surface area contributed by atoms with E-state index in [2.05, 4.69) is 15.2 Å². The number of aliphatic imine (C=N–C) groups is 1. The number of amides is 2. The van der Waals surface area contributed by atoms with Crippen LogP contribution in [0.2, 0.25) is 0 Å². The van der Waals surface area contributed by atoms with Gasteiger partial charge >= 0.3 is 0 Å². The van der Waals surface area contributed by atoms with Gasteiger partial charge in [0, 0.05) is 25.2 Å². The maximum absolute atomic E-state index is 12.1. The number of nitrogens with one attached hydrogen (secondary N) is 1. The number of benzene rings is 1. The number of hydrogen-bond donors (Lipinski definition) is 1. The Kier molecular flexibility index (Phi) is 5.00. The number of carbonyl (C=O) groups excluding carboxylic acids is 2. The molecule has 0 aliphatic carbocycles. The molecule has 5 nitrogen and oxygen atoms in total. The fourth-order valence-corrected chi connectivity index (χ4v) is 3.86. The smallest absolute Gasteiger partial charge is 0.262 e. The second-order valence-corrected chi connectivity index (χ2v) is 7.18. The molecule has 0 spiro atoms. The van der Waals surface area contributed by atoms with Crippen molar-refractivity contribution in [3.05, 3.63) is 29.8 Å². The molecule has 1 aromatic rings. The predicted molar refractivity (Wildman–Crippen MR) is 93.7 cm³/mol. The number of aryl methyl sites for hydroxylation is 1. The zero-order chi connectivity index (χ0) is 16.2. The third kappa shape index (κ3) is 4.13. The Balaban J connectivity index is 1.53. The first-order valence-electron chi connectivity index (χ1n) is 8.02. The molecule has 2 aliphatic heterocycles. The number of hydrogen-bond acceptors (Lipinski definition) is 4. The number of amidine groups is 1. The van der Waals surface area contributed by atoms with Crippen LogP contribution in [-0.4, -0.2) is 40.2 Å². The molecule has 1 atom stereocenters.